The highest BCUT2D eigenvalue weighted by atomic mass is 16.6. The van der Waals surface area contributed by atoms with Crippen molar-refractivity contribution in [2.24, 2.45) is 0 Å². The van der Waals surface area contributed by atoms with E-state index in [9.17, 15) is 14.4 Å². The number of allylic oxidation sites excluding steroid dienone is 12. The van der Waals surface area contributed by atoms with E-state index in [4.69, 9.17) is 14.2 Å². The summed E-state index contributed by atoms with van der Waals surface area (Å²) < 4.78 is 16.7. The van der Waals surface area contributed by atoms with Gasteiger partial charge in [-0.05, 0) is 77.0 Å². The van der Waals surface area contributed by atoms with Gasteiger partial charge in [-0.1, -0.05) is 203 Å². The highest BCUT2D eigenvalue weighted by Gasteiger charge is 2.19. The molecule has 0 aliphatic carbocycles. The molecule has 0 saturated carbocycles. The lowest BCUT2D eigenvalue weighted by molar-refractivity contribution is -0.167. The fraction of sp³-hybridized carbons (Fsp3) is 0.717. The molecule has 0 bridgehead atoms. The van der Waals surface area contributed by atoms with Crippen LogP contribution in [0.25, 0.3) is 0 Å². The number of ether oxygens (including phenoxy) is 3. The molecule has 6 heteroatoms. The summed E-state index contributed by atoms with van der Waals surface area (Å²) in [5.74, 6) is -0.967. The van der Waals surface area contributed by atoms with E-state index < -0.39 is 6.10 Å². The number of hydrogen-bond donors (Lipinski definition) is 0. The van der Waals surface area contributed by atoms with E-state index in [0.717, 1.165) is 96.3 Å². The second-order valence-corrected chi connectivity index (χ2v) is 16.0. The summed E-state index contributed by atoms with van der Waals surface area (Å²) in [6, 6.07) is 0. The van der Waals surface area contributed by atoms with Gasteiger partial charge in [0.05, 0.1) is 0 Å². The van der Waals surface area contributed by atoms with Gasteiger partial charge in [0.2, 0.25) is 0 Å². The molecule has 59 heavy (non-hydrogen) atoms. The van der Waals surface area contributed by atoms with Crippen LogP contribution in [0.4, 0.5) is 0 Å². The molecule has 1 atom stereocenters. The molecular weight excluding hydrogens is 733 g/mol. The van der Waals surface area contributed by atoms with Crippen LogP contribution in [0.2, 0.25) is 0 Å². The molecule has 1 unspecified atom stereocenters. The second-order valence-electron chi connectivity index (χ2n) is 16.0. The largest absolute Gasteiger partial charge is 0.462 e. The summed E-state index contributed by atoms with van der Waals surface area (Å²) in [5, 5.41) is 0. The quantitative estimate of drug-likeness (QED) is 0.0264. The molecule has 0 amide bonds. The van der Waals surface area contributed by atoms with Gasteiger partial charge >= 0.3 is 17.9 Å². The maximum absolute atomic E-state index is 12.8. The van der Waals surface area contributed by atoms with Crippen LogP contribution in [0.1, 0.15) is 226 Å². The molecule has 0 radical (unpaired) electrons. The Morgan fingerprint density at radius 3 is 1.19 bits per heavy atom. The normalized spacial score (nSPS) is 12.7. The third-order valence-corrected chi connectivity index (χ3v) is 10.2. The Balaban J connectivity index is 4.45. The first-order chi connectivity index (χ1) is 29.0. The lowest BCUT2D eigenvalue weighted by Gasteiger charge is -2.18. The predicted molar refractivity (Wildman–Crippen MR) is 251 cm³/mol. The highest BCUT2D eigenvalue weighted by molar-refractivity contribution is 5.71. The van der Waals surface area contributed by atoms with E-state index in [1.54, 1.807) is 0 Å². The molecule has 0 aliphatic heterocycles. The number of unbranched alkanes of at least 4 members (excludes halogenated alkanes) is 20. The Morgan fingerprint density at radius 2 is 0.712 bits per heavy atom. The van der Waals surface area contributed by atoms with E-state index in [1.165, 1.54) is 83.5 Å². The van der Waals surface area contributed by atoms with Crippen molar-refractivity contribution < 1.29 is 28.6 Å². The van der Waals surface area contributed by atoms with E-state index in [2.05, 4.69) is 93.7 Å². The first kappa shape index (κ1) is 55.9. The number of rotatable bonds is 43. The van der Waals surface area contributed by atoms with Crippen molar-refractivity contribution in [1.82, 2.24) is 0 Å². The Kier molecular flexibility index (Phi) is 45.0. The monoisotopic (exact) mass is 823 g/mol. The summed E-state index contributed by atoms with van der Waals surface area (Å²) in [7, 11) is 0. The van der Waals surface area contributed by atoms with Gasteiger partial charge in [-0.2, -0.15) is 0 Å². The highest BCUT2D eigenvalue weighted by Crippen LogP contribution is 2.15. The van der Waals surface area contributed by atoms with Crippen molar-refractivity contribution in [2.45, 2.75) is 232 Å². The first-order valence-corrected chi connectivity index (χ1v) is 24.4. The van der Waals surface area contributed by atoms with Crippen molar-refractivity contribution in [3.05, 3.63) is 72.9 Å². The van der Waals surface area contributed by atoms with Gasteiger partial charge in [0.1, 0.15) is 13.2 Å². The molecular formula is C53H90O6. The zero-order chi connectivity index (χ0) is 43.0. The topological polar surface area (TPSA) is 78.9 Å². The van der Waals surface area contributed by atoms with Gasteiger partial charge < -0.3 is 14.2 Å². The van der Waals surface area contributed by atoms with E-state index in [-0.39, 0.29) is 37.5 Å². The number of carbonyl (C=O) groups excluding carboxylic acids is 3. The van der Waals surface area contributed by atoms with Crippen molar-refractivity contribution in [1.29, 1.82) is 0 Å². The average Bonchev–Trinajstić information content (AvgIpc) is 3.23. The van der Waals surface area contributed by atoms with Gasteiger partial charge in [-0.15, -0.1) is 0 Å². The molecule has 0 spiro atoms. The molecule has 0 aromatic heterocycles. The number of hydrogen-bond acceptors (Lipinski definition) is 6. The molecule has 0 fully saturated rings. The summed E-state index contributed by atoms with van der Waals surface area (Å²) in [4.78, 5) is 37.8. The molecule has 0 heterocycles. The predicted octanol–water partition coefficient (Wildman–Crippen LogP) is 15.9. The van der Waals surface area contributed by atoms with E-state index >= 15 is 0 Å². The first-order valence-electron chi connectivity index (χ1n) is 24.4. The Labute approximate surface area is 363 Å². The van der Waals surface area contributed by atoms with Crippen molar-refractivity contribution in [2.75, 3.05) is 13.2 Å². The third-order valence-electron chi connectivity index (χ3n) is 10.2. The van der Waals surface area contributed by atoms with Gasteiger partial charge in [0.25, 0.3) is 0 Å². The average molecular weight is 823 g/mol. The van der Waals surface area contributed by atoms with Crippen LogP contribution in [0.5, 0.6) is 0 Å². The van der Waals surface area contributed by atoms with Gasteiger partial charge in [0.15, 0.2) is 6.10 Å². The molecule has 0 aromatic carbocycles. The van der Waals surface area contributed by atoms with Gasteiger partial charge in [-0.25, -0.2) is 0 Å². The fourth-order valence-corrected chi connectivity index (χ4v) is 6.54. The summed E-state index contributed by atoms with van der Waals surface area (Å²) in [6.07, 6.45) is 58.9. The SMILES string of the molecule is CC/C=C\C/C=C\C/C=C\C/C=C\C/C=C\CCCC(=O)OCC(COC(=O)CCCCCCC/C=C\CCC)OC(=O)CCCCCCCCCCCCCCCC. The summed E-state index contributed by atoms with van der Waals surface area (Å²) in [6.45, 7) is 6.40. The van der Waals surface area contributed by atoms with E-state index in [1.807, 2.05) is 0 Å². The zero-order valence-electron chi connectivity index (χ0n) is 38.5. The standard InChI is InChI=1S/C53H90O6/c1-4-7-10-13-16-19-22-24-26-27-28-30-31-34-37-40-43-46-52(55)58-49-50(48-57-51(54)45-42-39-36-33-21-18-15-12-9-6-3)59-53(56)47-44-41-38-35-32-29-25-23-20-17-14-11-8-5-2/h7,10,12,15-16,19,24,26,28,30,34,37,50H,4-6,8-9,11,13-14,17-18,20-23,25,27,29,31-33,35-36,38-49H2,1-3H3/b10-7-,15-12-,19-16-,26-24-,30-28-,37-34-. The Bertz CT molecular complexity index is 1130. The zero-order valence-corrected chi connectivity index (χ0v) is 38.5. The molecule has 6 nitrogen and oxygen atoms in total. The van der Waals surface area contributed by atoms with Crippen LogP contribution in [0.3, 0.4) is 0 Å². The lowest BCUT2D eigenvalue weighted by Crippen LogP contribution is -2.30. The van der Waals surface area contributed by atoms with Crippen molar-refractivity contribution in [3.8, 4) is 0 Å². The second kappa shape index (κ2) is 47.5. The third kappa shape index (κ3) is 45.8. The minimum absolute atomic E-state index is 0.0965. The summed E-state index contributed by atoms with van der Waals surface area (Å²) >= 11 is 0. The van der Waals surface area contributed by atoms with Gasteiger partial charge in [-0.3, -0.25) is 14.4 Å². The minimum atomic E-state index is -0.797. The van der Waals surface area contributed by atoms with Gasteiger partial charge in [0, 0.05) is 19.3 Å². The van der Waals surface area contributed by atoms with Crippen molar-refractivity contribution >= 4 is 17.9 Å². The maximum atomic E-state index is 12.8. The molecule has 0 N–H and O–H groups in total. The molecule has 0 aliphatic rings. The molecule has 0 aromatic rings. The van der Waals surface area contributed by atoms with Crippen LogP contribution in [-0.4, -0.2) is 37.2 Å². The fourth-order valence-electron chi connectivity index (χ4n) is 6.54. The molecule has 0 saturated heterocycles. The van der Waals surface area contributed by atoms with Crippen LogP contribution in [-0.2, 0) is 28.6 Å². The summed E-state index contributed by atoms with van der Waals surface area (Å²) in [5.41, 5.74) is 0. The maximum Gasteiger partial charge on any atom is 0.306 e. The Morgan fingerprint density at radius 1 is 0.356 bits per heavy atom. The number of carbonyl (C=O) groups is 3. The minimum Gasteiger partial charge on any atom is -0.462 e. The molecule has 0 rings (SSSR count). The van der Waals surface area contributed by atoms with Crippen LogP contribution < -0.4 is 0 Å². The van der Waals surface area contributed by atoms with Crippen molar-refractivity contribution in [3.63, 3.8) is 0 Å². The smallest absolute Gasteiger partial charge is 0.306 e. The molecule has 338 valence electrons. The van der Waals surface area contributed by atoms with Crippen LogP contribution in [0.15, 0.2) is 72.9 Å². The van der Waals surface area contributed by atoms with E-state index in [0.29, 0.717) is 19.3 Å². The van der Waals surface area contributed by atoms with Crippen LogP contribution in [0, 0.1) is 0 Å². The van der Waals surface area contributed by atoms with Crippen LogP contribution >= 0.6 is 0 Å². The number of esters is 3. The lowest BCUT2D eigenvalue weighted by atomic mass is 10.0. The Hall–Kier alpha value is -3.15.